The Bertz CT molecular complexity index is 728. The summed E-state index contributed by atoms with van der Waals surface area (Å²) in [5.41, 5.74) is 0.282. The standard InChI is InChI=1S/C14H16F2N4O3/c1-20-4-3-9(14(15,16)6-20)23-11-10-8(5-17-13(11)22-2)18-7-19-12(10)21/h5,7,9H,3-4,6H2,1-2H3,(H,18,19,21)/t9-/m1/s1. The summed E-state index contributed by atoms with van der Waals surface area (Å²) in [6.45, 7) is 0.0733. The number of alkyl halides is 2. The lowest BCUT2D eigenvalue weighted by atomic mass is 10.0. The lowest BCUT2D eigenvalue weighted by Gasteiger charge is -2.36. The molecule has 7 nitrogen and oxygen atoms in total. The quantitative estimate of drug-likeness (QED) is 0.914. The van der Waals surface area contributed by atoms with E-state index in [2.05, 4.69) is 15.0 Å². The summed E-state index contributed by atoms with van der Waals surface area (Å²) in [5, 5.41) is 10.1. The Morgan fingerprint density at radius 1 is 1.35 bits per heavy atom. The summed E-state index contributed by atoms with van der Waals surface area (Å²) in [5.74, 6) is -3.48. The summed E-state index contributed by atoms with van der Waals surface area (Å²) >= 11 is 0. The minimum absolute atomic E-state index is 0.00247. The second-order valence-electron chi connectivity index (χ2n) is 5.45. The first-order valence-corrected chi connectivity index (χ1v) is 7.02. The van der Waals surface area contributed by atoms with Crippen LogP contribution >= 0.6 is 0 Å². The average molecular weight is 326 g/mol. The molecule has 1 atom stereocenters. The van der Waals surface area contributed by atoms with E-state index in [4.69, 9.17) is 9.47 Å². The van der Waals surface area contributed by atoms with E-state index in [9.17, 15) is 13.9 Å². The molecule has 3 heterocycles. The number of halogens is 2. The highest BCUT2D eigenvalue weighted by Gasteiger charge is 2.46. The topological polar surface area (TPSA) is 80.6 Å². The predicted octanol–water partition coefficient (Wildman–Crippen LogP) is 1.46. The smallest absolute Gasteiger partial charge is 0.296 e. The minimum Gasteiger partial charge on any atom is -0.493 e. The van der Waals surface area contributed by atoms with Gasteiger partial charge in [-0.25, -0.2) is 23.7 Å². The van der Waals surface area contributed by atoms with Crippen molar-refractivity contribution in [1.29, 1.82) is 0 Å². The number of aromatic hydroxyl groups is 1. The maximum absolute atomic E-state index is 14.2. The molecule has 0 unspecified atom stereocenters. The molecule has 124 valence electrons. The van der Waals surface area contributed by atoms with Crippen LogP contribution in [0.15, 0.2) is 12.5 Å². The molecule has 2 aromatic rings. The molecule has 0 aromatic carbocycles. The van der Waals surface area contributed by atoms with Gasteiger partial charge in [-0.1, -0.05) is 0 Å². The third kappa shape index (κ3) is 2.83. The second kappa shape index (κ2) is 5.73. The number of fused-ring (bicyclic) bond motifs is 1. The highest BCUT2D eigenvalue weighted by atomic mass is 19.3. The Balaban J connectivity index is 2.05. The number of nitrogens with zero attached hydrogens (tertiary/aromatic N) is 4. The zero-order valence-corrected chi connectivity index (χ0v) is 12.7. The van der Waals surface area contributed by atoms with Gasteiger partial charge >= 0.3 is 0 Å². The molecule has 1 N–H and O–H groups in total. The van der Waals surface area contributed by atoms with Crippen LogP contribution in [0.1, 0.15) is 6.42 Å². The number of aromatic nitrogens is 3. The van der Waals surface area contributed by atoms with E-state index in [-0.39, 0.29) is 34.8 Å². The minimum atomic E-state index is -3.04. The molecule has 0 aliphatic carbocycles. The molecule has 1 saturated heterocycles. The summed E-state index contributed by atoms with van der Waals surface area (Å²) in [6.07, 6.45) is 1.30. The van der Waals surface area contributed by atoms with Crippen molar-refractivity contribution in [2.24, 2.45) is 0 Å². The third-order valence-electron chi connectivity index (χ3n) is 3.76. The molecular weight excluding hydrogens is 310 g/mol. The predicted molar refractivity (Wildman–Crippen MR) is 77.0 cm³/mol. The molecule has 1 fully saturated rings. The van der Waals surface area contributed by atoms with Gasteiger partial charge in [0.25, 0.3) is 11.8 Å². The highest BCUT2D eigenvalue weighted by molar-refractivity contribution is 5.90. The van der Waals surface area contributed by atoms with Gasteiger partial charge < -0.3 is 19.5 Å². The lowest BCUT2D eigenvalue weighted by Crippen LogP contribution is -2.52. The fraction of sp³-hybridized carbons (Fsp3) is 0.500. The SMILES string of the molecule is COc1ncc2ncnc(O)c2c1O[C@@H]1CCN(C)CC1(F)F. The van der Waals surface area contributed by atoms with Gasteiger partial charge in [0.1, 0.15) is 11.7 Å². The van der Waals surface area contributed by atoms with Crippen LogP contribution in [0, 0.1) is 0 Å². The van der Waals surface area contributed by atoms with Gasteiger partial charge in [-0.05, 0) is 7.05 Å². The number of likely N-dealkylation sites (tertiary alicyclic amines) is 1. The number of rotatable bonds is 3. The van der Waals surface area contributed by atoms with E-state index in [0.29, 0.717) is 6.54 Å². The van der Waals surface area contributed by atoms with Crippen LogP contribution in [0.2, 0.25) is 0 Å². The summed E-state index contributed by atoms with van der Waals surface area (Å²) in [4.78, 5) is 13.2. The summed E-state index contributed by atoms with van der Waals surface area (Å²) < 4.78 is 39.1. The normalized spacial score (nSPS) is 21.3. The van der Waals surface area contributed by atoms with Crippen molar-refractivity contribution in [2.45, 2.75) is 18.4 Å². The Hall–Kier alpha value is -2.29. The van der Waals surface area contributed by atoms with Crippen LogP contribution in [0.25, 0.3) is 10.9 Å². The van der Waals surface area contributed by atoms with E-state index >= 15 is 0 Å². The van der Waals surface area contributed by atoms with Gasteiger partial charge in [0.15, 0.2) is 11.9 Å². The van der Waals surface area contributed by atoms with Crippen LogP contribution in [-0.4, -0.2) is 64.2 Å². The zero-order valence-electron chi connectivity index (χ0n) is 12.7. The van der Waals surface area contributed by atoms with E-state index in [0.717, 1.165) is 6.33 Å². The first-order valence-electron chi connectivity index (χ1n) is 7.02. The number of piperidine rings is 1. The van der Waals surface area contributed by atoms with Crippen LogP contribution < -0.4 is 9.47 Å². The van der Waals surface area contributed by atoms with Crippen molar-refractivity contribution in [1.82, 2.24) is 19.9 Å². The summed E-state index contributed by atoms with van der Waals surface area (Å²) in [7, 11) is 2.97. The van der Waals surface area contributed by atoms with Crippen LogP contribution in [0.3, 0.4) is 0 Å². The van der Waals surface area contributed by atoms with Crippen molar-refractivity contribution in [3.05, 3.63) is 12.5 Å². The molecule has 0 bridgehead atoms. The fourth-order valence-electron chi connectivity index (χ4n) is 2.62. The Morgan fingerprint density at radius 2 is 2.13 bits per heavy atom. The van der Waals surface area contributed by atoms with Crippen molar-refractivity contribution >= 4 is 10.9 Å². The Kier molecular flexibility index (Phi) is 3.88. The second-order valence-corrected chi connectivity index (χ2v) is 5.45. The Labute approximate surface area is 130 Å². The van der Waals surface area contributed by atoms with Crippen molar-refractivity contribution in [2.75, 3.05) is 27.2 Å². The van der Waals surface area contributed by atoms with Crippen molar-refractivity contribution in [3.63, 3.8) is 0 Å². The van der Waals surface area contributed by atoms with E-state index in [1.807, 2.05) is 0 Å². The highest BCUT2D eigenvalue weighted by Crippen LogP contribution is 2.40. The lowest BCUT2D eigenvalue weighted by molar-refractivity contribution is -0.135. The molecule has 2 aromatic heterocycles. The van der Waals surface area contributed by atoms with Gasteiger partial charge in [0.2, 0.25) is 5.88 Å². The molecule has 0 saturated carbocycles. The van der Waals surface area contributed by atoms with Gasteiger partial charge in [-0.2, -0.15) is 0 Å². The third-order valence-corrected chi connectivity index (χ3v) is 3.76. The molecular formula is C14H16F2N4O3. The van der Waals surface area contributed by atoms with Crippen LogP contribution in [0.5, 0.6) is 17.5 Å². The first-order chi connectivity index (χ1) is 10.9. The van der Waals surface area contributed by atoms with Gasteiger partial charge in [0, 0.05) is 13.0 Å². The molecule has 0 spiro atoms. The first kappa shape index (κ1) is 15.6. The Morgan fingerprint density at radius 3 is 2.83 bits per heavy atom. The molecule has 1 aliphatic rings. The number of methoxy groups -OCH3 is 1. The molecule has 1 aliphatic heterocycles. The van der Waals surface area contributed by atoms with Crippen molar-refractivity contribution in [3.8, 4) is 17.5 Å². The monoisotopic (exact) mass is 326 g/mol. The maximum atomic E-state index is 14.2. The zero-order chi connectivity index (χ0) is 16.6. The van der Waals surface area contributed by atoms with Gasteiger partial charge in [-0.3, -0.25) is 0 Å². The van der Waals surface area contributed by atoms with Crippen LogP contribution in [0.4, 0.5) is 8.78 Å². The van der Waals surface area contributed by atoms with Crippen molar-refractivity contribution < 1.29 is 23.4 Å². The number of hydrogen-bond acceptors (Lipinski definition) is 7. The molecule has 0 amide bonds. The van der Waals surface area contributed by atoms with E-state index in [1.165, 1.54) is 13.3 Å². The molecule has 0 radical (unpaired) electrons. The van der Waals surface area contributed by atoms with Gasteiger partial charge in [-0.15, -0.1) is 0 Å². The number of pyridine rings is 1. The maximum Gasteiger partial charge on any atom is 0.296 e. The molecule has 9 heteroatoms. The van der Waals surface area contributed by atoms with E-state index < -0.39 is 18.6 Å². The summed E-state index contributed by atoms with van der Waals surface area (Å²) in [6, 6.07) is 0. The number of ether oxygens (including phenoxy) is 2. The largest absolute Gasteiger partial charge is 0.493 e. The van der Waals surface area contributed by atoms with E-state index in [1.54, 1.807) is 11.9 Å². The average Bonchev–Trinajstić information content (AvgIpc) is 2.49. The van der Waals surface area contributed by atoms with Gasteiger partial charge in [0.05, 0.1) is 25.4 Å². The molecule has 23 heavy (non-hydrogen) atoms. The fourth-order valence-corrected chi connectivity index (χ4v) is 2.62. The van der Waals surface area contributed by atoms with Crippen LogP contribution in [-0.2, 0) is 0 Å². The molecule has 3 rings (SSSR count). The number of hydrogen-bond donors (Lipinski definition) is 1.